The number of hydrogen-bond donors (Lipinski definition) is 0. The highest BCUT2D eigenvalue weighted by molar-refractivity contribution is 5.77. The van der Waals surface area contributed by atoms with Gasteiger partial charge in [0, 0.05) is 25.3 Å². The molecular weight excluding hydrogens is 985 g/mol. The van der Waals surface area contributed by atoms with Crippen LogP contribution in [0.3, 0.4) is 0 Å². The van der Waals surface area contributed by atoms with Gasteiger partial charge in [0.1, 0.15) is 17.2 Å². The molecule has 458 valence electrons. The lowest BCUT2D eigenvalue weighted by Crippen LogP contribution is -2.10. The van der Waals surface area contributed by atoms with Gasteiger partial charge in [-0.15, -0.1) is 0 Å². The molecule has 0 saturated heterocycles. The highest BCUT2D eigenvalue weighted by atomic mass is 16.5. The lowest BCUT2D eigenvalue weighted by atomic mass is 10.0. The van der Waals surface area contributed by atoms with Crippen molar-refractivity contribution in [2.24, 2.45) is 0 Å². The van der Waals surface area contributed by atoms with Crippen LogP contribution in [-0.2, 0) is 14.4 Å². The molecule has 0 aliphatic carbocycles. The first-order valence-electron chi connectivity index (χ1n) is 35.0. The molecule has 2 aromatic carbocycles. The average molecular weight is 1110 g/mol. The third-order valence-electron chi connectivity index (χ3n) is 16.4. The fourth-order valence-electron chi connectivity index (χ4n) is 11.2. The summed E-state index contributed by atoms with van der Waals surface area (Å²) < 4.78 is 17.4. The van der Waals surface area contributed by atoms with Crippen LogP contribution in [0.5, 0.6) is 17.2 Å². The van der Waals surface area contributed by atoms with E-state index in [2.05, 4.69) is 20.8 Å². The third-order valence-corrected chi connectivity index (χ3v) is 16.4. The number of benzene rings is 2. The van der Waals surface area contributed by atoms with Gasteiger partial charge in [-0.25, -0.2) is 0 Å². The number of rotatable bonds is 59. The minimum absolute atomic E-state index is 0.183. The van der Waals surface area contributed by atoms with Crippen molar-refractivity contribution < 1.29 is 28.6 Å². The van der Waals surface area contributed by atoms with E-state index in [1.165, 1.54) is 276 Å². The summed E-state index contributed by atoms with van der Waals surface area (Å²) in [6.45, 7) is 6.85. The van der Waals surface area contributed by atoms with Crippen LogP contribution >= 0.6 is 0 Å². The Hall–Kier alpha value is -3.41. The number of carbonyl (C=O) groups excluding carboxylic acids is 3. The largest absolute Gasteiger partial charge is 0.427 e. The molecule has 0 aliphatic heterocycles. The van der Waals surface area contributed by atoms with Gasteiger partial charge in [-0.1, -0.05) is 353 Å². The van der Waals surface area contributed by atoms with Crippen LogP contribution in [0.25, 0.3) is 12.2 Å². The van der Waals surface area contributed by atoms with Gasteiger partial charge in [-0.3, -0.25) is 14.4 Å². The number of hydrogen-bond acceptors (Lipinski definition) is 6. The van der Waals surface area contributed by atoms with Gasteiger partial charge >= 0.3 is 17.9 Å². The number of unbranched alkanes of at least 4 members (excludes halogenated alkanes) is 48. The summed E-state index contributed by atoms with van der Waals surface area (Å²) >= 11 is 0. The highest BCUT2D eigenvalue weighted by Crippen LogP contribution is 2.27. The monoisotopic (exact) mass is 1110 g/mol. The summed E-state index contributed by atoms with van der Waals surface area (Å²) in [5.41, 5.74) is 1.69. The lowest BCUT2D eigenvalue weighted by Gasteiger charge is -2.10. The van der Waals surface area contributed by atoms with E-state index in [-0.39, 0.29) is 17.9 Å². The van der Waals surface area contributed by atoms with Crippen LogP contribution in [-0.4, -0.2) is 17.9 Å². The van der Waals surface area contributed by atoms with Crippen molar-refractivity contribution in [1.82, 2.24) is 0 Å². The van der Waals surface area contributed by atoms with Gasteiger partial charge in [0.25, 0.3) is 0 Å². The zero-order chi connectivity index (χ0) is 57.3. The molecule has 0 spiro atoms. The quantitative estimate of drug-likeness (QED) is 0.0284. The van der Waals surface area contributed by atoms with E-state index in [4.69, 9.17) is 14.2 Å². The Bertz CT molecular complexity index is 1660. The topological polar surface area (TPSA) is 78.9 Å². The molecular formula is C74H126O6. The van der Waals surface area contributed by atoms with Crippen LogP contribution in [0.4, 0.5) is 0 Å². The first-order chi connectivity index (χ1) is 39.4. The normalized spacial score (nSPS) is 11.5. The van der Waals surface area contributed by atoms with E-state index in [1.54, 1.807) is 6.07 Å². The first-order valence-corrected chi connectivity index (χ1v) is 35.0. The van der Waals surface area contributed by atoms with E-state index < -0.39 is 0 Å². The predicted molar refractivity (Wildman–Crippen MR) is 345 cm³/mol. The Balaban J connectivity index is 1.75. The Morgan fingerprint density at radius 1 is 0.250 bits per heavy atom. The van der Waals surface area contributed by atoms with Gasteiger partial charge in [0.15, 0.2) is 0 Å². The van der Waals surface area contributed by atoms with E-state index in [9.17, 15) is 14.4 Å². The molecule has 0 atom stereocenters. The van der Waals surface area contributed by atoms with Crippen LogP contribution in [0.2, 0.25) is 0 Å². The van der Waals surface area contributed by atoms with Crippen molar-refractivity contribution in [2.75, 3.05) is 0 Å². The molecule has 6 nitrogen and oxygen atoms in total. The summed E-state index contributed by atoms with van der Waals surface area (Å²) in [7, 11) is 0. The molecule has 0 amide bonds. The maximum atomic E-state index is 13.1. The molecule has 0 fully saturated rings. The molecule has 6 heteroatoms. The molecule has 2 rings (SSSR count). The van der Waals surface area contributed by atoms with Gasteiger partial charge in [-0.05, 0) is 54.7 Å². The molecule has 0 aromatic heterocycles. The van der Waals surface area contributed by atoms with Crippen molar-refractivity contribution in [2.45, 2.75) is 367 Å². The fourth-order valence-corrected chi connectivity index (χ4v) is 11.2. The number of ether oxygens (including phenoxy) is 3. The maximum absolute atomic E-state index is 13.1. The Morgan fingerprint density at radius 2 is 0.450 bits per heavy atom. The summed E-state index contributed by atoms with van der Waals surface area (Å²) in [5, 5.41) is 0. The van der Waals surface area contributed by atoms with Gasteiger partial charge in [0.2, 0.25) is 0 Å². The van der Waals surface area contributed by atoms with Gasteiger partial charge in [0.05, 0.1) is 0 Å². The maximum Gasteiger partial charge on any atom is 0.311 e. The second-order valence-corrected chi connectivity index (χ2v) is 24.3. The van der Waals surface area contributed by atoms with Crippen LogP contribution in [0, 0.1) is 0 Å². The fraction of sp³-hybridized carbons (Fsp3) is 0.770. The summed E-state index contributed by atoms with van der Waals surface area (Å²) in [6, 6.07) is 12.8. The molecule has 2 aromatic rings. The Morgan fingerprint density at radius 3 is 0.688 bits per heavy atom. The van der Waals surface area contributed by atoms with Crippen molar-refractivity contribution in [3.8, 4) is 17.2 Å². The Labute approximate surface area is 494 Å². The van der Waals surface area contributed by atoms with E-state index in [1.807, 2.05) is 48.6 Å². The number of carbonyl (C=O) groups is 3. The predicted octanol–water partition coefficient (Wildman–Crippen LogP) is 24.7. The molecule has 0 N–H and O–H groups in total. The van der Waals surface area contributed by atoms with Crippen molar-refractivity contribution in [3.05, 3.63) is 53.6 Å². The minimum atomic E-state index is -0.261. The van der Waals surface area contributed by atoms with E-state index in [0.29, 0.717) is 36.5 Å². The molecule has 0 bridgehead atoms. The minimum Gasteiger partial charge on any atom is -0.427 e. The zero-order valence-electron chi connectivity index (χ0n) is 52.8. The van der Waals surface area contributed by atoms with Crippen molar-refractivity contribution >= 4 is 30.1 Å². The first kappa shape index (κ1) is 72.7. The summed E-state index contributed by atoms with van der Waals surface area (Å²) in [4.78, 5) is 38.9. The van der Waals surface area contributed by atoms with Crippen LogP contribution < -0.4 is 14.2 Å². The standard InChI is InChI=1S/C74H126O6/c1-4-7-10-13-16-19-22-25-28-31-34-37-40-43-46-49-52-55-72(75)78-69-62-60-67(61-63-69)58-59-68-64-70(79-73(76)56-53-50-47-44-41-38-35-32-29-26-23-20-17-14-11-8-5-2)66-71(65-68)80-74(77)57-54-51-48-45-42-39-36-33-30-27-24-21-18-15-12-9-6-3/h58-66H,4-57H2,1-3H3. The molecule has 0 saturated carbocycles. The van der Waals surface area contributed by atoms with Gasteiger partial charge in [-0.2, -0.15) is 0 Å². The average Bonchev–Trinajstić information content (AvgIpc) is 3.45. The second kappa shape index (κ2) is 56.1. The lowest BCUT2D eigenvalue weighted by molar-refractivity contribution is -0.135. The summed E-state index contributed by atoms with van der Waals surface area (Å²) in [5.74, 6) is 0.600. The molecule has 0 radical (unpaired) electrons. The highest BCUT2D eigenvalue weighted by Gasteiger charge is 2.12. The van der Waals surface area contributed by atoms with Crippen LogP contribution in [0.1, 0.15) is 379 Å². The smallest absolute Gasteiger partial charge is 0.311 e. The van der Waals surface area contributed by atoms with E-state index >= 15 is 0 Å². The Kier molecular flexibility index (Phi) is 51.0. The SMILES string of the molecule is CCCCCCCCCCCCCCCCCCCC(=O)Oc1ccc(C=Cc2cc(OC(=O)CCCCCCCCCCCCCCCCCCC)cc(OC(=O)CCCCCCCCCCCCCCCCCCC)c2)cc1. The molecule has 0 unspecified atom stereocenters. The van der Waals surface area contributed by atoms with Gasteiger partial charge < -0.3 is 14.2 Å². The van der Waals surface area contributed by atoms with Crippen molar-refractivity contribution in [3.63, 3.8) is 0 Å². The molecule has 80 heavy (non-hydrogen) atoms. The molecule has 0 heterocycles. The van der Waals surface area contributed by atoms with Crippen molar-refractivity contribution in [1.29, 1.82) is 0 Å². The second-order valence-electron chi connectivity index (χ2n) is 24.3. The molecule has 0 aliphatic rings. The number of esters is 3. The third kappa shape index (κ3) is 47.1. The zero-order valence-corrected chi connectivity index (χ0v) is 52.8. The van der Waals surface area contributed by atoms with Crippen LogP contribution in [0.15, 0.2) is 42.5 Å². The summed E-state index contributed by atoms with van der Waals surface area (Å²) in [6.07, 6.45) is 71.6. The van der Waals surface area contributed by atoms with E-state index in [0.717, 1.165) is 62.5 Å².